The number of nitro groups is 1. The summed E-state index contributed by atoms with van der Waals surface area (Å²) in [6, 6.07) is 2.82. The van der Waals surface area contributed by atoms with E-state index in [4.69, 9.17) is 5.84 Å². The first kappa shape index (κ1) is 12.6. The number of hydrogen-bond donors (Lipinski definition) is 2. The first-order chi connectivity index (χ1) is 8.44. The fraction of sp³-hybridized carbons (Fsp3) is 0.545. The molecule has 0 unspecified atom stereocenters. The molecular weight excluding hydrogens is 234 g/mol. The summed E-state index contributed by atoms with van der Waals surface area (Å²) in [6.45, 7) is 5.07. The number of pyridine rings is 1. The number of anilines is 2. The highest BCUT2D eigenvalue weighted by molar-refractivity contribution is 5.57. The Balaban J connectivity index is 2.44. The van der Waals surface area contributed by atoms with Crippen LogP contribution in [0.3, 0.4) is 0 Å². The van der Waals surface area contributed by atoms with E-state index in [9.17, 15) is 10.1 Å². The molecule has 0 saturated carbocycles. The van der Waals surface area contributed by atoms with Gasteiger partial charge < -0.3 is 10.3 Å². The molecule has 2 rings (SSSR count). The molecule has 0 spiro atoms. The van der Waals surface area contributed by atoms with Crippen molar-refractivity contribution in [2.75, 3.05) is 16.9 Å². The van der Waals surface area contributed by atoms with E-state index in [0.717, 1.165) is 19.4 Å². The van der Waals surface area contributed by atoms with E-state index in [1.165, 1.54) is 12.1 Å². The first-order valence-electron chi connectivity index (χ1n) is 5.85. The van der Waals surface area contributed by atoms with E-state index < -0.39 is 4.92 Å². The van der Waals surface area contributed by atoms with Gasteiger partial charge in [0.1, 0.15) is 11.6 Å². The second-order valence-corrected chi connectivity index (χ2v) is 5.04. The van der Waals surface area contributed by atoms with Gasteiger partial charge in [0.15, 0.2) is 0 Å². The van der Waals surface area contributed by atoms with Gasteiger partial charge in [-0.15, -0.1) is 0 Å². The Hall–Kier alpha value is -1.89. The van der Waals surface area contributed by atoms with E-state index in [-0.39, 0.29) is 11.2 Å². The molecule has 0 bridgehead atoms. The van der Waals surface area contributed by atoms with Crippen LogP contribution in [-0.2, 0) is 0 Å². The Labute approximate surface area is 105 Å². The predicted octanol–water partition coefficient (Wildman–Crippen LogP) is 1.65. The molecule has 0 atom stereocenters. The predicted molar refractivity (Wildman–Crippen MR) is 69.4 cm³/mol. The van der Waals surface area contributed by atoms with Gasteiger partial charge >= 0.3 is 0 Å². The molecule has 2 heterocycles. The van der Waals surface area contributed by atoms with Crippen LogP contribution in [0, 0.1) is 10.1 Å². The number of rotatable bonds is 3. The molecule has 0 aromatic carbocycles. The second kappa shape index (κ2) is 4.41. The van der Waals surface area contributed by atoms with Gasteiger partial charge in [0.05, 0.1) is 17.1 Å². The Morgan fingerprint density at radius 2 is 2.28 bits per heavy atom. The van der Waals surface area contributed by atoms with Gasteiger partial charge in [0.25, 0.3) is 5.69 Å². The topological polar surface area (TPSA) is 97.3 Å². The quantitative estimate of drug-likeness (QED) is 0.481. The summed E-state index contributed by atoms with van der Waals surface area (Å²) in [7, 11) is 0. The molecule has 3 N–H and O–H groups in total. The SMILES string of the molecule is CC1(C)CCCN1c1cc([N+](=O)[O-])cc(NN)n1. The standard InChI is InChI=1S/C11H17N5O2/c1-11(2)4-3-5-15(11)10-7-8(16(17)18)6-9(13-10)14-12/h6-7H,3-5,12H2,1-2H3,(H,13,14). The van der Waals surface area contributed by atoms with E-state index >= 15 is 0 Å². The highest BCUT2D eigenvalue weighted by Gasteiger charge is 2.33. The Bertz CT molecular complexity index is 475. The largest absolute Gasteiger partial charge is 0.351 e. The summed E-state index contributed by atoms with van der Waals surface area (Å²) in [5.41, 5.74) is 2.33. The first-order valence-corrected chi connectivity index (χ1v) is 5.85. The van der Waals surface area contributed by atoms with Gasteiger partial charge in [-0.2, -0.15) is 0 Å². The van der Waals surface area contributed by atoms with Gasteiger partial charge in [-0.1, -0.05) is 0 Å². The average molecular weight is 251 g/mol. The Kier molecular flexibility index (Phi) is 3.08. The van der Waals surface area contributed by atoms with Crippen molar-refractivity contribution >= 4 is 17.3 Å². The zero-order valence-electron chi connectivity index (χ0n) is 10.5. The molecule has 98 valence electrons. The van der Waals surface area contributed by atoms with Crippen LogP contribution in [-0.4, -0.2) is 22.0 Å². The van der Waals surface area contributed by atoms with Crippen molar-refractivity contribution in [3.8, 4) is 0 Å². The lowest BCUT2D eigenvalue weighted by molar-refractivity contribution is -0.384. The number of nitrogens with two attached hydrogens (primary N) is 1. The van der Waals surface area contributed by atoms with Crippen molar-refractivity contribution in [1.29, 1.82) is 0 Å². The number of hydrazine groups is 1. The van der Waals surface area contributed by atoms with Crippen LogP contribution in [0.2, 0.25) is 0 Å². The minimum absolute atomic E-state index is 0.00403. The van der Waals surface area contributed by atoms with Crippen molar-refractivity contribution in [3.63, 3.8) is 0 Å². The third kappa shape index (κ3) is 2.21. The molecule has 1 aliphatic rings. The lowest BCUT2D eigenvalue weighted by Crippen LogP contribution is -2.38. The van der Waals surface area contributed by atoms with Crippen molar-refractivity contribution in [3.05, 3.63) is 22.2 Å². The normalized spacial score (nSPS) is 17.8. The second-order valence-electron chi connectivity index (χ2n) is 5.04. The average Bonchev–Trinajstić information content (AvgIpc) is 2.68. The zero-order valence-corrected chi connectivity index (χ0v) is 10.5. The summed E-state index contributed by atoms with van der Waals surface area (Å²) >= 11 is 0. The van der Waals surface area contributed by atoms with Gasteiger partial charge in [-0.05, 0) is 26.7 Å². The molecule has 1 aromatic heterocycles. The molecule has 1 fully saturated rings. The minimum Gasteiger partial charge on any atom is -0.351 e. The summed E-state index contributed by atoms with van der Waals surface area (Å²) in [5, 5.41) is 10.9. The highest BCUT2D eigenvalue weighted by atomic mass is 16.6. The van der Waals surface area contributed by atoms with Crippen LogP contribution in [0.5, 0.6) is 0 Å². The van der Waals surface area contributed by atoms with Gasteiger partial charge in [-0.25, -0.2) is 10.8 Å². The summed E-state index contributed by atoms with van der Waals surface area (Å²) in [6.07, 6.45) is 2.10. The molecule has 1 saturated heterocycles. The minimum atomic E-state index is -0.435. The molecule has 1 aliphatic heterocycles. The molecule has 7 heteroatoms. The van der Waals surface area contributed by atoms with E-state index in [0.29, 0.717) is 11.6 Å². The van der Waals surface area contributed by atoms with Crippen molar-refractivity contribution < 1.29 is 4.92 Å². The van der Waals surface area contributed by atoms with Crippen LogP contribution in [0.25, 0.3) is 0 Å². The third-order valence-electron chi connectivity index (χ3n) is 3.33. The number of nitrogens with zero attached hydrogens (tertiary/aromatic N) is 3. The number of aromatic nitrogens is 1. The summed E-state index contributed by atoms with van der Waals surface area (Å²) in [5.74, 6) is 6.20. The van der Waals surface area contributed by atoms with Crippen LogP contribution < -0.4 is 16.2 Å². The van der Waals surface area contributed by atoms with E-state index in [1.54, 1.807) is 0 Å². The van der Waals surface area contributed by atoms with Crippen LogP contribution in [0.15, 0.2) is 12.1 Å². The lowest BCUT2D eigenvalue weighted by Gasteiger charge is -2.32. The molecule has 18 heavy (non-hydrogen) atoms. The highest BCUT2D eigenvalue weighted by Crippen LogP contribution is 2.34. The smallest absolute Gasteiger partial charge is 0.276 e. The maximum Gasteiger partial charge on any atom is 0.276 e. The fourth-order valence-corrected chi connectivity index (χ4v) is 2.35. The van der Waals surface area contributed by atoms with Gasteiger partial charge in [0, 0.05) is 12.1 Å². The van der Waals surface area contributed by atoms with Crippen LogP contribution in [0.1, 0.15) is 26.7 Å². The number of nitrogen functional groups attached to an aromatic ring is 1. The van der Waals surface area contributed by atoms with E-state index in [1.807, 2.05) is 0 Å². The molecule has 0 radical (unpaired) electrons. The summed E-state index contributed by atoms with van der Waals surface area (Å²) in [4.78, 5) is 16.8. The monoisotopic (exact) mass is 251 g/mol. The maximum atomic E-state index is 10.9. The van der Waals surface area contributed by atoms with Crippen molar-refractivity contribution in [2.24, 2.45) is 5.84 Å². The van der Waals surface area contributed by atoms with Crippen molar-refractivity contribution in [2.45, 2.75) is 32.2 Å². The summed E-state index contributed by atoms with van der Waals surface area (Å²) < 4.78 is 0. The Morgan fingerprint density at radius 1 is 1.56 bits per heavy atom. The zero-order chi connectivity index (χ0) is 13.3. The van der Waals surface area contributed by atoms with E-state index in [2.05, 4.69) is 29.2 Å². The van der Waals surface area contributed by atoms with Crippen molar-refractivity contribution in [1.82, 2.24) is 4.98 Å². The number of nitrogens with one attached hydrogen (secondary N) is 1. The fourth-order valence-electron chi connectivity index (χ4n) is 2.35. The molecule has 0 amide bonds. The maximum absolute atomic E-state index is 10.9. The van der Waals surface area contributed by atoms with Gasteiger partial charge in [0.2, 0.25) is 0 Å². The molecular formula is C11H17N5O2. The van der Waals surface area contributed by atoms with Crippen LogP contribution in [0.4, 0.5) is 17.3 Å². The molecule has 1 aromatic rings. The molecule has 7 nitrogen and oxygen atoms in total. The molecule has 0 aliphatic carbocycles. The Morgan fingerprint density at radius 3 is 2.78 bits per heavy atom. The number of hydrogen-bond acceptors (Lipinski definition) is 6. The van der Waals surface area contributed by atoms with Crippen LogP contribution >= 0.6 is 0 Å². The van der Waals surface area contributed by atoms with Gasteiger partial charge in [-0.3, -0.25) is 10.1 Å². The lowest BCUT2D eigenvalue weighted by atomic mass is 10.0. The third-order valence-corrected chi connectivity index (χ3v) is 3.33.